The zero-order chi connectivity index (χ0) is 28.2. The fraction of sp³-hybridized carbons (Fsp3) is 0.406. The number of amides is 2. The van der Waals surface area contributed by atoms with Crippen LogP contribution >= 0.6 is 0 Å². The third-order valence-electron chi connectivity index (χ3n) is 7.12. The lowest BCUT2D eigenvalue weighted by Crippen LogP contribution is -2.47. The summed E-state index contributed by atoms with van der Waals surface area (Å²) in [5.74, 6) is -1.78. The molecule has 4 atom stereocenters. The number of hydrogen-bond acceptors (Lipinski definition) is 5. The van der Waals surface area contributed by atoms with Gasteiger partial charge in [-0.15, -0.1) is 13.2 Å². The van der Waals surface area contributed by atoms with Gasteiger partial charge < -0.3 is 20.1 Å². The number of fused-ring (bicyclic) bond motifs is 1. The lowest BCUT2D eigenvalue weighted by Gasteiger charge is -2.36. The van der Waals surface area contributed by atoms with Crippen molar-refractivity contribution in [2.24, 2.45) is 11.8 Å². The van der Waals surface area contributed by atoms with Gasteiger partial charge in [-0.3, -0.25) is 14.4 Å². The Bertz CT molecular complexity index is 1130. The molecule has 0 aliphatic carbocycles. The van der Waals surface area contributed by atoms with Crippen molar-refractivity contribution in [3.05, 3.63) is 96.6 Å². The third-order valence-corrected chi connectivity index (χ3v) is 7.12. The number of nitrogens with zero attached hydrogens (tertiary/aromatic N) is 1. The number of nitrogens with one attached hydrogen (secondary N) is 1. The largest absolute Gasteiger partial charge is 0.461 e. The highest BCUT2D eigenvalue weighted by Gasteiger charge is 2.32. The molecule has 0 fully saturated rings. The van der Waals surface area contributed by atoms with Gasteiger partial charge in [-0.05, 0) is 49.3 Å². The van der Waals surface area contributed by atoms with Crippen LogP contribution in [0.15, 0.2) is 79.9 Å². The molecule has 2 N–H and O–H groups in total. The van der Waals surface area contributed by atoms with Crippen LogP contribution in [-0.4, -0.2) is 53.1 Å². The van der Waals surface area contributed by atoms with Gasteiger partial charge in [0.1, 0.15) is 6.10 Å². The normalized spacial score (nSPS) is 16.8. The fourth-order valence-electron chi connectivity index (χ4n) is 4.94. The summed E-state index contributed by atoms with van der Waals surface area (Å²) in [4.78, 5) is 40.8. The van der Waals surface area contributed by atoms with Gasteiger partial charge in [-0.2, -0.15) is 0 Å². The van der Waals surface area contributed by atoms with E-state index in [9.17, 15) is 19.5 Å². The van der Waals surface area contributed by atoms with E-state index < -0.39 is 12.0 Å². The molecular formula is C32H40N2O5. The van der Waals surface area contributed by atoms with Gasteiger partial charge in [-0.25, -0.2) is 0 Å². The average molecular weight is 533 g/mol. The number of carbonyl (C=O) groups excluding carboxylic acids is 3. The van der Waals surface area contributed by atoms with Gasteiger partial charge >= 0.3 is 5.97 Å². The number of carbonyl (C=O) groups is 3. The number of ether oxygens (including phenoxy) is 1. The summed E-state index contributed by atoms with van der Waals surface area (Å²) in [7, 11) is 0. The maximum absolute atomic E-state index is 13.3. The van der Waals surface area contributed by atoms with Crippen LogP contribution in [0.1, 0.15) is 42.9 Å². The highest BCUT2D eigenvalue weighted by Crippen LogP contribution is 2.25. The molecule has 2 aromatic rings. The standard InChI is InChI=1S/C32H40N2O5/c1-4-11-26(19-30(36)34-21-28-16-10-9-15-25(28)18-29(34)22-35)31(37)33-20-23(3)39-32(38)27(12-5-2)17-24-13-7-6-8-14-24/h4-10,13-16,23,26-27,29,35H,1-2,11-12,17-22H2,3H3,(H,33,37)/t23-,26-,27+,29-/m0/s1. The van der Waals surface area contributed by atoms with Crippen molar-refractivity contribution >= 4 is 17.8 Å². The summed E-state index contributed by atoms with van der Waals surface area (Å²) < 4.78 is 5.64. The van der Waals surface area contributed by atoms with Crippen LogP contribution in [0.5, 0.6) is 0 Å². The molecule has 208 valence electrons. The summed E-state index contributed by atoms with van der Waals surface area (Å²) in [6.45, 7) is 9.64. The molecule has 1 heterocycles. The Kier molecular flexibility index (Phi) is 11.5. The van der Waals surface area contributed by atoms with E-state index in [0.717, 1.165) is 16.7 Å². The van der Waals surface area contributed by atoms with Crippen molar-refractivity contribution in [3.8, 4) is 0 Å². The molecule has 0 bridgehead atoms. The molecule has 1 aliphatic heterocycles. The third kappa shape index (κ3) is 8.65. The van der Waals surface area contributed by atoms with Crippen molar-refractivity contribution in [2.75, 3.05) is 13.2 Å². The minimum Gasteiger partial charge on any atom is -0.461 e. The number of hydrogen-bond donors (Lipinski definition) is 2. The van der Waals surface area contributed by atoms with E-state index in [1.54, 1.807) is 24.0 Å². The first-order valence-corrected chi connectivity index (χ1v) is 13.6. The molecular weight excluding hydrogens is 492 g/mol. The monoisotopic (exact) mass is 532 g/mol. The van der Waals surface area contributed by atoms with Crippen molar-refractivity contribution in [2.45, 2.75) is 57.7 Å². The first-order valence-electron chi connectivity index (χ1n) is 13.6. The molecule has 7 heteroatoms. The second kappa shape index (κ2) is 15.0. The van der Waals surface area contributed by atoms with E-state index in [4.69, 9.17) is 4.74 Å². The van der Waals surface area contributed by atoms with E-state index in [-0.39, 0.29) is 49.3 Å². The van der Waals surface area contributed by atoms with Crippen molar-refractivity contribution in [3.63, 3.8) is 0 Å². The lowest BCUT2D eigenvalue weighted by molar-refractivity contribution is -0.153. The molecule has 0 unspecified atom stereocenters. The zero-order valence-corrected chi connectivity index (χ0v) is 22.8. The Labute approximate surface area is 231 Å². The Morgan fingerprint density at radius 2 is 1.67 bits per heavy atom. The van der Waals surface area contributed by atoms with Crippen LogP contribution in [0.2, 0.25) is 0 Å². The molecule has 0 saturated heterocycles. The van der Waals surface area contributed by atoms with Crippen molar-refractivity contribution in [1.29, 1.82) is 0 Å². The zero-order valence-electron chi connectivity index (χ0n) is 22.8. The summed E-state index contributed by atoms with van der Waals surface area (Å²) in [5.41, 5.74) is 3.22. The van der Waals surface area contributed by atoms with Crippen LogP contribution in [0.25, 0.3) is 0 Å². The molecule has 39 heavy (non-hydrogen) atoms. The van der Waals surface area contributed by atoms with Gasteiger partial charge in [0.05, 0.1) is 31.0 Å². The van der Waals surface area contributed by atoms with Crippen LogP contribution in [-0.2, 0) is 38.5 Å². The molecule has 7 nitrogen and oxygen atoms in total. The second-order valence-corrected chi connectivity index (χ2v) is 10.2. The van der Waals surface area contributed by atoms with Crippen LogP contribution in [0.3, 0.4) is 0 Å². The van der Waals surface area contributed by atoms with E-state index in [1.807, 2.05) is 54.6 Å². The Balaban J connectivity index is 1.54. The number of allylic oxidation sites excluding steroid dienone is 2. The van der Waals surface area contributed by atoms with Crippen molar-refractivity contribution < 1.29 is 24.2 Å². The van der Waals surface area contributed by atoms with E-state index in [0.29, 0.717) is 32.2 Å². The molecule has 0 radical (unpaired) electrons. The number of rotatable bonds is 14. The van der Waals surface area contributed by atoms with E-state index in [1.165, 1.54) is 0 Å². The number of esters is 1. The molecule has 0 aromatic heterocycles. The van der Waals surface area contributed by atoms with Gasteiger partial charge in [0.25, 0.3) is 0 Å². The van der Waals surface area contributed by atoms with E-state index in [2.05, 4.69) is 18.5 Å². The van der Waals surface area contributed by atoms with Gasteiger partial charge in [0, 0.05) is 13.0 Å². The number of aliphatic hydroxyl groups is 1. The Morgan fingerprint density at radius 1 is 1.03 bits per heavy atom. The lowest BCUT2D eigenvalue weighted by atomic mass is 9.92. The molecule has 3 rings (SSSR count). The molecule has 2 aromatic carbocycles. The summed E-state index contributed by atoms with van der Waals surface area (Å²) in [6, 6.07) is 17.3. The number of benzene rings is 2. The maximum atomic E-state index is 13.3. The summed E-state index contributed by atoms with van der Waals surface area (Å²) in [5, 5.41) is 12.8. The van der Waals surface area contributed by atoms with E-state index >= 15 is 0 Å². The first kappa shape index (κ1) is 29.8. The topological polar surface area (TPSA) is 95.9 Å². The summed E-state index contributed by atoms with van der Waals surface area (Å²) >= 11 is 0. The van der Waals surface area contributed by atoms with Gasteiger partial charge in [0.15, 0.2) is 0 Å². The van der Waals surface area contributed by atoms with Crippen LogP contribution in [0, 0.1) is 11.8 Å². The minimum absolute atomic E-state index is 0.00315. The Morgan fingerprint density at radius 3 is 2.33 bits per heavy atom. The maximum Gasteiger partial charge on any atom is 0.309 e. The fourth-order valence-corrected chi connectivity index (χ4v) is 4.94. The van der Waals surface area contributed by atoms with Crippen LogP contribution < -0.4 is 5.32 Å². The van der Waals surface area contributed by atoms with Crippen LogP contribution in [0.4, 0.5) is 0 Å². The average Bonchev–Trinajstić information content (AvgIpc) is 2.95. The Hall–Kier alpha value is -3.71. The minimum atomic E-state index is -0.610. The molecule has 0 spiro atoms. The number of aliphatic hydroxyl groups excluding tert-OH is 1. The van der Waals surface area contributed by atoms with Gasteiger partial charge in [0.2, 0.25) is 11.8 Å². The first-order chi connectivity index (χ1) is 18.9. The quantitative estimate of drug-likeness (QED) is 0.283. The smallest absolute Gasteiger partial charge is 0.309 e. The predicted octanol–water partition coefficient (Wildman–Crippen LogP) is 4.00. The van der Waals surface area contributed by atoms with Crippen molar-refractivity contribution in [1.82, 2.24) is 10.2 Å². The molecule has 2 amide bonds. The molecule has 1 aliphatic rings. The van der Waals surface area contributed by atoms with Gasteiger partial charge in [-0.1, -0.05) is 66.7 Å². The SMILES string of the molecule is C=CC[C@@H](CC(=O)N1Cc2ccccc2C[C@H]1CO)C(=O)NC[C@H](C)OC(=O)[C@H](CC=C)Cc1ccccc1. The predicted molar refractivity (Wildman–Crippen MR) is 152 cm³/mol. The highest BCUT2D eigenvalue weighted by molar-refractivity contribution is 5.86. The second-order valence-electron chi connectivity index (χ2n) is 10.2. The summed E-state index contributed by atoms with van der Waals surface area (Å²) in [6.07, 6.45) is 4.75. The molecule has 0 saturated carbocycles. The highest BCUT2D eigenvalue weighted by atomic mass is 16.5.